The molecule has 0 aromatic carbocycles. The van der Waals surface area contributed by atoms with Crippen molar-refractivity contribution in [2.75, 3.05) is 18.6 Å². The minimum Gasteiger partial charge on any atom is -0.342 e. The zero-order chi connectivity index (χ0) is 12.5. The Morgan fingerprint density at radius 3 is 2.38 bits per heavy atom. The second-order valence-electron chi connectivity index (χ2n) is 5.11. The van der Waals surface area contributed by atoms with Gasteiger partial charge in [-0.3, -0.25) is 9.57 Å². The molecule has 1 saturated heterocycles. The lowest BCUT2D eigenvalue weighted by Crippen LogP contribution is -2.41. The van der Waals surface area contributed by atoms with E-state index in [9.17, 15) is 9.00 Å². The molecule has 0 spiro atoms. The molecule has 1 amide bonds. The number of carbonyl (C=O) groups is 1. The summed E-state index contributed by atoms with van der Waals surface area (Å²) in [5, 5.41) is 0. The number of hydrogen-bond donors (Lipinski definition) is 1. The van der Waals surface area contributed by atoms with E-state index in [0.29, 0.717) is 23.8 Å². The number of hydrogen-bond acceptors (Lipinski definition) is 3. The Morgan fingerprint density at radius 1 is 1.44 bits per heavy atom. The minimum atomic E-state index is -2.41. The van der Waals surface area contributed by atoms with Gasteiger partial charge in [0.15, 0.2) is 0 Å². The van der Waals surface area contributed by atoms with Crippen LogP contribution < -0.4 is 0 Å². The zero-order valence-electron chi connectivity index (χ0n) is 10.5. The Hall–Kier alpha value is -0.580. The molecule has 1 aliphatic rings. The maximum Gasteiger partial charge on any atom is 0.225 e. The van der Waals surface area contributed by atoms with Crippen LogP contribution in [0.4, 0.5) is 0 Å². The van der Waals surface area contributed by atoms with Crippen molar-refractivity contribution in [3.8, 4) is 0 Å². The van der Waals surface area contributed by atoms with Crippen molar-refractivity contribution in [2.45, 2.75) is 33.2 Å². The molecule has 0 aliphatic carbocycles. The van der Waals surface area contributed by atoms with Gasteiger partial charge in [-0.1, -0.05) is 20.8 Å². The highest BCUT2D eigenvalue weighted by Gasteiger charge is 2.32. The molecule has 0 bridgehead atoms. The van der Waals surface area contributed by atoms with E-state index in [2.05, 4.69) is 0 Å². The quantitative estimate of drug-likeness (QED) is 0.821. The summed E-state index contributed by atoms with van der Waals surface area (Å²) in [5.41, 5.74) is 0. The summed E-state index contributed by atoms with van der Waals surface area (Å²) in [4.78, 5) is 13.8. The minimum absolute atomic E-state index is 0.00120. The summed E-state index contributed by atoms with van der Waals surface area (Å²) >= 11 is 0. The van der Waals surface area contributed by atoms with E-state index in [0.717, 1.165) is 0 Å². The van der Waals surface area contributed by atoms with E-state index >= 15 is 0 Å². The summed E-state index contributed by atoms with van der Waals surface area (Å²) in [5.74, 6) is 1.20. The molecule has 0 saturated carbocycles. The SMILES string of the molecule is CC(C)C(C)C(=O)N(C)C1CCS(=N)(=O)C1. The van der Waals surface area contributed by atoms with E-state index in [1.54, 1.807) is 11.9 Å². The molecule has 0 aromatic heterocycles. The van der Waals surface area contributed by atoms with Crippen LogP contribution >= 0.6 is 0 Å². The number of rotatable bonds is 3. The second-order valence-corrected chi connectivity index (χ2v) is 7.47. The van der Waals surface area contributed by atoms with Crippen molar-refractivity contribution in [1.82, 2.24) is 4.90 Å². The maximum atomic E-state index is 12.1. The number of carbonyl (C=O) groups excluding carboxylic acids is 1. The largest absolute Gasteiger partial charge is 0.342 e. The van der Waals surface area contributed by atoms with Crippen molar-refractivity contribution < 1.29 is 9.00 Å². The lowest BCUT2D eigenvalue weighted by Gasteiger charge is -2.28. The van der Waals surface area contributed by atoms with E-state index in [1.807, 2.05) is 20.8 Å². The lowest BCUT2D eigenvalue weighted by molar-refractivity contribution is -0.136. The van der Waals surface area contributed by atoms with E-state index in [1.165, 1.54) is 0 Å². The summed E-state index contributed by atoms with van der Waals surface area (Å²) in [7, 11) is -0.643. The monoisotopic (exact) mass is 246 g/mol. The first-order valence-electron chi connectivity index (χ1n) is 5.75. The van der Waals surface area contributed by atoms with Crippen molar-refractivity contribution in [2.24, 2.45) is 11.8 Å². The standard InChI is InChI=1S/C11H22N2O2S/c1-8(2)9(3)11(14)13(4)10-5-6-16(12,15)7-10/h8-10,12H,5-7H2,1-4H3. The number of nitrogens with one attached hydrogen (secondary N) is 1. The van der Waals surface area contributed by atoms with E-state index in [-0.39, 0.29) is 17.9 Å². The molecule has 0 aromatic rings. The van der Waals surface area contributed by atoms with Gasteiger partial charge in [-0.25, -0.2) is 4.21 Å². The van der Waals surface area contributed by atoms with Crippen LogP contribution in [-0.4, -0.2) is 39.6 Å². The van der Waals surface area contributed by atoms with Gasteiger partial charge in [0, 0.05) is 34.5 Å². The smallest absolute Gasteiger partial charge is 0.225 e. The first-order valence-corrected chi connectivity index (χ1v) is 7.65. The first kappa shape index (κ1) is 13.5. The van der Waals surface area contributed by atoms with Gasteiger partial charge in [0.2, 0.25) is 5.91 Å². The van der Waals surface area contributed by atoms with Gasteiger partial charge in [-0.05, 0) is 12.3 Å². The highest BCUT2D eigenvalue weighted by atomic mass is 32.2. The maximum absolute atomic E-state index is 12.1. The van der Waals surface area contributed by atoms with Crippen LogP contribution in [0.15, 0.2) is 0 Å². The van der Waals surface area contributed by atoms with Gasteiger partial charge in [0.25, 0.3) is 0 Å². The molecule has 3 unspecified atom stereocenters. The van der Waals surface area contributed by atoms with Crippen LogP contribution in [0.1, 0.15) is 27.2 Å². The van der Waals surface area contributed by atoms with E-state index < -0.39 is 9.73 Å². The van der Waals surface area contributed by atoms with Gasteiger partial charge in [-0.15, -0.1) is 0 Å². The average Bonchev–Trinajstić information content (AvgIpc) is 2.55. The molecule has 1 fully saturated rings. The molecule has 5 heteroatoms. The Kier molecular flexibility index (Phi) is 3.99. The molecule has 1 heterocycles. The zero-order valence-corrected chi connectivity index (χ0v) is 11.3. The van der Waals surface area contributed by atoms with E-state index in [4.69, 9.17) is 4.78 Å². The van der Waals surface area contributed by atoms with Crippen LogP contribution in [0.5, 0.6) is 0 Å². The Balaban J connectivity index is 2.66. The predicted molar refractivity (Wildman–Crippen MR) is 65.8 cm³/mol. The second kappa shape index (κ2) is 4.73. The molecule has 0 radical (unpaired) electrons. The number of nitrogens with zero attached hydrogens (tertiary/aromatic N) is 1. The molecular weight excluding hydrogens is 224 g/mol. The molecular formula is C11H22N2O2S. The molecule has 1 rings (SSSR count). The summed E-state index contributed by atoms with van der Waals surface area (Å²) in [6.45, 7) is 5.98. The lowest BCUT2D eigenvalue weighted by atomic mass is 9.96. The Labute approximate surface area is 98.4 Å². The van der Waals surface area contributed by atoms with Gasteiger partial charge >= 0.3 is 0 Å². The third-order valence-electron chi connectivity index (χ3n) is 3.53. The van der Waals surface area contributed by atoms with Crippen LogP contribution in [0.2, 0.25) is 0 Å². The molecule has 1 N–H and O–H groups in total. The van der Waals surface area contributed by atoms with Crippen molar-refractivity contribution in [3.63, 3.8) is 0 Å². The molecule has 1 aliphatic heterocycles. The fourth-order valence-electron chi connectivity index (χ4n) is 1.90. The van der Waals surface area contributed by atoms with Gasteiger partial charge in [0.1, 0.15) is 0 Å². The highest BCUT2D eigenvalue weighted by Crippen LogP contribution is 2.21. The number of amides is 1. The summed E-state index contributed by atoms with van der Waals surface area (Å²) < 4.78 is 19.1. The molecule has 16 heavy (non-hydrogen) atoms. The summed E-state index contributed by atoms with van der Waals surface area (Å²) in [6, 6.07) is -0.00120. The van der Waals surface area contributed by atoms with Crippen LogP contribution in [0.25, 0.3) is 0 Å². The fourth-order valence-corrected chi connectivity index (χ4v) is 3.73. The van der Waals surface area contributed by atoms with Crippen molar-refractivity contribution in [1.29, 1.82) is 4.78 Å². The molecule has 4 nitrogen and oxygen atoms in total. The Bertz CT molecular complexity index is 362. The first-order chi connectivity index (χ1) is 7.24. The van der Waals surface area contributed by atoms with Crippen LogP contribution in [0.3, 0.4) is 0 Å². The normalized spacial score (nSPS) is 31.7. The van der Waals surface area contributed by atoms with Crippen molar-refractivity contribution >= 4 is 15.6 Å². The highest BCUT2D eigenvalue weighted by molar-refractivity contribution is 7.92. The molecule has 94 valence electrons. The molecule has 3 atom stereocenters. The summed E-state index contributed by atoms with van der Waals surface area (Å²) in [6.07, 6.45) is 0.704. The third kappa shape index (κ3) is 2.97. The third-order valence-corrected chi connectivity index (χ3v) is 5.35. The van der Waals surface area contributed by atoms with Crippen LogP contribution in [-0.2, 0) is 14.5 Å². The van der Waals surface area contributed by atoms with Crippen LogP contribution in [0, 0.1) is 16.6 Å². The average molecular weight is 246 g/mol. The predicted octanol–water partition coefficient (Wildman–Crippen LogP) is 1.56. The Morgan fingerprint density at radius 2 is 2.00 bits per heavy atom. The topological polar surface area (TPSA) is 61.2 Å². The fraction of sp³-hybridized carbons (Fsp3) is 0.909. The van der Waals surface area contributed by atoms with Crippen molar-refractivity contribution in [3.05, 3.63) is 0 Å². The van der Waals surface area contributed by atoms with Gasteiger partial charge in [-0.2, -0.15) is 0 Å². The van der Waals surface area contributed by atoms with Gasteiger partial charge in [0.05, 0.1) is 5.75 Å². The van der Waals surface area contributed by atoms with Gasteiger partial charge < -0.3 is 4.90 Å².